The lowest BCUT2D eigenvalue weighted by Gasteiger charge is -2.31. The third-order valence-corrected chi connectivity index (χ3v) is 5.93. The van der Waals surface area contributed by atoms with E-state index in [1.54, 1.807) is 14.2 Å². The highest BCUT2D eigenvalue weighted by Gasteiger charge is 2.28. The average molecular weight is 391 g/mol. The number of hydrogen-bond donors (Lipinski definition) is 0. The van der Waals surface area contributed by atoms with Crippen molar-refractivity contribution in [2.75, 3.05) is 20.8 Å². The fraction of sp³-hybridized carbons (Fsp3) is 0.360. The minimum Gasteiger partial charge on any atom is -0.497 e. The Hall–Kier alpha value is -2.72. The number of ether oxygens (including phenoxy) is 2. The number of aromatic nitrogens is 1. The number of aryl methyl sites for hydroxylation is 2. The Bertz CT molecular complexity index is 946. The monoisotopic (exact) mass is 390 g/mol. The summed E-state index contributed by atoms with van der Waals surface area (Å²) in [4.78, 5) is 2.57. The van der Waals surface area contributed by atoms with Gasteiger partial charge in [0.05, 0.1) is 20.3 Å². The fourth-order valence-corrected chi connectivity index (χ4v) is 4.33. The number of fused-ring (bicyclic) bond motifs is 1. The van der Waals surface area contributed by atoms with Gasteiger partial charge in [-0.3, -0.25) is 4.90 Å². The highest BCUT2D eigenvalue weighted by molar-refractivity contribution is 5.41. The number of methoxy groups -OCH3 is 2. The van der Waals surface area contributed by atoms with Gasteiger partial charge < -0.3 is 14.0 Å². The quantitative estimate of drug-likeness (QED) is 0.588. The third kappa shape index (κ3) is 4.03. The first-order chi connectivity index (χ1) is 14.2. The number of benzene rings is 2. The summed E-state index contributed by atoms with van der Waals surface area (Å²) < 4.78 is 13.5. The minimum absolute atomic E-state index is 0.227. The number of rotatable bonds is 6. The molecular formula is C25H30N2O2. The normalized spacial score (nSPS) is 16.9. The summed E-state index contributed by atoms with van der Waals surface area (Å²) in [7, 11) is 3.42. The summed E-state index contributed by atoms with van der Waals surface area (Å²) in [5.41, 5.74) is 5.26. The van der Waals surface area contributed by atoms with E-state index >= 15 is 0 Å². The van der Waals surface area contributed by atoms with Crippen LogP contribution in [0, 0.1) is 0 Å². The number of nitrogens with zero attached hydrogens (tertiary/aromatic N) is 2. The van der Waals surface area contributed by atoms with E-state index in [2.05, 4.69) is 65.1 Å². The molecule has 0 N–H and O–H groups in total. The van der Waals surface area contributed by atoms with Gasteiger partial charge in [0.25, 0.3) is 0 Å². The van der Waals surface area contributed by atoms with Gasteiger partial charge in [0.2, 0.25) is 0 Å². The largest absolute Gasteiger partial charge is 0.497 e. The summed E-state index contributed by atoms with van der Waals surface area (Å²) in [6.45, 7) is 5.13. The van der Waals surface area contributed by atoms with Gasteiger partial charge in [0.15, 0.2) is 0 Å². The van der Waals surface area contributed by atoms with Crippen LogP contribution in [0.25, 0.3) is 0 Å². The van der Waals surface area contributed by atoms with Crippen molar-refractivity contribution in [3.05, 3.63) is 83.2 Å². The Morgan fingerprint density at radius 2 is 1.79 bits per heavy atom. The van der Waals surface area contributed by atoms with Crippen LogP contribution < -0.4 is 9.47 Å². The molecule has 0 unspecified atom stereocenters. The standard InChI is InChI=1S/C25H30N2O2/c1-4-19-8-10-20(11-9-19)25-23-7-5-14-26(23)15-6-16-27(25)18-21-12-13-22(28-2)17-24(21)29-3/h5,7-14,17,25H,4,6,15-16,18H2,1-3H3/t25-/m1/s1. The third-order valence-electron chi connectivity index (χ3n) is 5.93. The molecule has 4 nitrogen and oxygen atoms in total. The van der Waals surface area contributed by atoms with Crippen LogP contribution in [0.1, 0.15) is 41.8 Å². The molecule has 1 aliphatic rings. The molecule has 0 saturated carbocycles. The molecule has 4 heteroatoms. The van der Waals surface area contributed by atoms with Crippen LogP contribution in [-0.2, 0) is 19.5 Å². The zero-order valence-corrected chi connectivity index (χ0v) is 17.6. The molecule has 1 aromatic heterocycles. The van der Waals surface area contributed by atoms with Gasteiger partial charge in [-0.2, -0.15) is 0 Å². The van der Waals surface area contributed by atoms with Gasteiger partial charge in [0, 0.05) is 43.2 Å². The van der Waals surface area contributed by atoms with Crippen LogP contribution in [-0.4, -0.2) is 30.2 Å². The second-order valence-electron chi connectivity index (χ2n) is 7.63. The molecule has 2 aromatic carbocycles. The molecule has 0 bridgehead atoms. The van der Waals surface area contributed by atoms with Crippen LogP contribution in [0.2, 0.25) is 0 Å². The molecule has 4 rings (SSSR count). The van der Waals surface area contributed by atoms with Crippen molar-refractivity contribution in [2.24, 2.45) is 0 Å². The fourth-order valence-electron chi connectivity index (χ4n) is 4.33. The zero-order valence-electron chi connectivity index (χ0n) is 17.6. The van der Waals surface area contributed by atoms with Crippen molar-refractivity contribution in [3.8, 4) is 11.5 Å². The minimum atomic E-state index is 0.227. The van der Waals surface area contributed by atoms with E-state index in [4.69, 9.17) is 9.47 Å². The van der Waals surface area contributed by atoms with E-state index in [-0.39, 0.29) is 6.04 Å². The van der Waals surface area contributed by atoms with Gasteiger partial charge in [0.1, 0.15) is 11.5 Å². The van der Waals surface area contributed by atoms with E-state index in [0.717, 1.165) is 44.0 Å². The molecule has 0 radical (unpaired) electrons. The van der Waals surface area contributed by atoms with E-state index in [0.29, 0.717) is 0 Å². The van der Waals surface area contributed by atoms with Gasteiger partial charge in [-0.25, -0.2) is 0 Å². The lowest BCUT2D eigenvalue weighted by atomic mass is 9.99. The van der Waals surface area contributed by atoms with Gasteiger partial charge in [-0.15, -0.1) is 0 Å². The summed E-state index contributed by atoms with van der Waals surface area (Å²) in [5.74, 6) is 1.70. The molecular weight excluding hydrogens is 360 g/mol. The SMILES string of the molecule is CCc1ccc([C@@H]2c3cccn3CCCN2Cc2ccc(OC)cc2OC)cc1. The molecule has 152 valence electrons. The van der Waals surface area contributed by atoms with E-state index < -0.39 is 0 Å². The Kier molecular flexibility index (Phi) is 5.91. The number of hydrogen-bond acceptors (Lipinski definition) is 3. The van der Waals surface area contributed by atoms with E-state index in [1.807, 2.05) is 12.1 Å². The molecule has 0 saturated heterocycles. The van der Waals surface area contributed by atoms with Crippen molar-refractivity contribution in [1.82, 2.24) is 9.47 Å². The first-order valence-electron chi connectivity index (χ1n) is 10.4. The van der Waals surface area contributed by atoms with Crippen LogP contribution in [0.15, 0.2) is 60.8 Å². The molecule has 3 aromatic rings. The van der Waals surface area contributed by atoms with E-state index in [9.17, 15) is 0 Å². The van der Waals surface area contributed by atoms with Gasteiger partial charge in [-0.05, 0) is 42.2 Å². The molecule has 0 aliphatic carbocycles. The molecule has 29 heavy (non-hydrogen) atoms. The van der Waals surface area contributed by atoms with Gasteiger partial charge >= 0.3 is 0 Å². The first kappa shape index (κ1) is 19.6. The summed E-state index contributed by atoms with van der Waals surface area (Å²) in [5, 5.41) is 0. The summed E-state index contributed by atoms with van der Waals surface area (Å²) >= 11 is 0. The lowest BCUT2D eigenvalue weighted by Crippen LogP contribution is -2.29. The van der Waals surface area contributed by atoms with Crippen molar-refractivity contribution >= 4 is 0 Å². The highest BCUT2D eigenvalue weighted by Crippen LogP contribution is 2.35. The maximum atomic E-state index is 5.67. The second-order valence-corrected chi connectivity index (χ2v) is 7.63. The van der Waals surface area contributed by atoms with E-state index in [1.165, 1.54) is 22.4 Å². The zero-order chi connectivity index (χ0) is 20.2. The predicted octanol–water partition coefficient (Wildman–Crippen LogP) is 5.06. The molecule has 1 aliphatic heterocycles. The summed E-state index contributed by atoms with van der Waals surface area (Å²) in [6, 6.07) is 19.9. The lowest BCUT2D eigenvalue weighted by molar-refractivity contribution is 0.217. The topological polar surface area (TPSA) is 26.6 Å². The smallest absolute Gasteiger partial charge is 0.127 e. The van der Waals surface area contributed by atoms with Crippen molar-refractivity contribution < 1.29 is 9.47 Å². The molecule has 2 heterocycles. The van der Waals surface area contributed by atoms with Crippen molar-refractivity contribution in [2.45, 2.75) is 38.9 Å². The van der Waals surface area contributed by atoms with Crippen molar-refractivity contribution in [1.29, 1.82) is 0 Å². The van der Waals surface area contributed by atoms with Crippen LogP contribution >= 0.6 is 0 Å². The Morgan fingerprint density at radius 1 is 0.966 bits per heavy atom. The predicted molar refractivity (Wildman–Crippen MR) is 117 cm³/mol. The van der Waals surface area contributed by atoms with Gasteiger partial charge in [-0.1, -0.05) is 37.3 Å². The second kappa shape index (κ2) is 8.75. The molecule has 1 atom stereocenters. The van der Waals surface area contributed by atoms with Crippen LogP contribution in [0.4, 0.5) is 0 Å². The van der Waals surface area contributed by atoms with Crippen LogP contribution in [0.3, 0.4) is 0 Å². The maximum absolute atomic E-state index is 5.67. The Balaban J connectivity index is 1.72. The van der Waals surface area contributed by atoms with Crippen LogP contribution in [0.5, 0.6) is 11.5 Å². The van der Waals surface area contributed by atoms with Crippen molar-refractivity contribution in [3.63, 3.8) is 0 Å². The highest BCUT2D eigenvalue weighted by atomic mass is 16.5. The first-order valence-corrected chi connectivity index (χ1v) is 10.4. The molecule has 0 spiro atoms. The average Bonchev–Trinajstić information content (AvgIpc) is 3.15. The maximum Gasteiger partial charge on any atom is 0.127 e. The Morgan fingerprint density at radius 3 is 2.52 bits per heavy atom. The summed E-state index contributed by atoms with van der Waals surface area (Å²) in [6.07, 6.45) is 4.40. The molecule has 0 fully saturated rings. The Labute approximate surface area is 173 Å². The molecule has 0 amide bonds.